The molecule has 0 radical (unpaired) electrons. The van der Waals surface area contributed by atoms with E-state index in [2.05, 4.69) is 11.2 Å². The number of aromatic nitrogens is 2. The summed E-state index contributed by atoms with van der Waals surface area (Å²) in [6.45, 7) is 1.84. The topological polar surface area (TPSA) is 106 Å². The van der Waals surface area contributed by atoms with Gasteiger partial charge in [-0.2, -0.15) is 10.4 Å². The molecule has 0 spiro atoms. The number of aryl methyl sites for hydroxylation is 1. The van der Waals surface area contributed by atoms with Gasteiger partial charge < -0.3 is 20.3 Å². The number of phenolic OH excluding ortho intramolecular Hbond substituents is 1. The van der Waals surface area contributed by atoms with Crippen LogP contribution in [0.3, 0.4) is 0 Å². The number of methoxy groups -OCH3 is 1. The third-order valence-corrected chi connectivity index (χ3v) is 5.06. The van der Waals surface area contributed by atoms with Crippen molar-refractivity contribution in [3.05, 3.63) is 75.8 Å². The number of hydrogen-bond donors (Lipinski definition) is 2. The van der Waals surface area contributed by atoms with Crippen molar-refractivity contribution in [2.75, 3.05) is 7.11 Å². The molecule has 1 aliphatic rings. The van der Waals surface area contributed by atoms with Crippen molar-refractivity contribution in [1.29, 1.82) is 5.26 Å². The lowest BCUT2D eigenvalue weighted by molar-refractivity contribution is 0.365. The van der Waals surface area contributed by atoms with E-state index < -0.39 is 5.92 Å². The van der Waals surface area contributed by atoms with E-state index in [1.165, 1.54) is 13.2 Å². The first-order chi connectivity index (χ1) is 13.9. The molecule has 1 aliphatic heterocycles. The Morgan fingerprint density at radius 3 is 2.79 bits per heavy atom. The number of rotatable bonds is 3. The maximum absolute atomic E-state index is 9.96. The van der Waals surface area contributed by atoms with E-state index in [-0.39, 0.29) is 17.2 Å². The number of halogens is 1. The van der Waals surface area contributed by atoms with Gasteiger partial charge in [-0.15, -0.1) is 0 Å². The number of allylic oxidation sites excluding steroid dienone is 1. The van der Waals surface area contributed by atoms with E-state index in [0.717, 1.165) is 5.56 Å². The lowest BCUT2D eigenvalue weighted by Gasteiger charge is -2.25. The van der Waals surface area contributed by atoms with E-state index in [0.29, 0.717) is 33.6 Å². The zero-order valence-electron chi connectivity index (χ0n) is 15.7. The van der Waals surface area contributed by atoms with Crippen LogP contribution in [0.25, 0.3) is 5.69 Å². The zero-order chi connectivity index (χ0) is 20.7. The fraction of sp³-hybridized carbons (Fsp3) is 0.143. The van der Waals surface area contributed by atoms with Gasteiger partial charge in [-0.25, -0.2) is 4.68 Å². The number of fused-ring (bicyclic) bond motifs is 1. The van der Waals surface area contributed by atoms with Gasteiger partial charge in [-0.3, -0.25) is 0 Å². The van der Waals surface area contributed by atoms with Crippen molar-refractivity contribution in [3.8, 4) is 29.1 Å². The van der Waals surface area contributed by atoms with E-state index in [9.17, 15) is 10.4 Å². The van der Waals surface area contributed by atoms with Gasteiger partial charge in [0.15, 0.2) is 11.5 Å². The number of phenols is 1. The molecule has 2 heterocycles. The van der Waals surface area contributed by atoms with E-state index in [1.54, 1.807) is 28.9 Å². The molecule has 7 nitrogen and oxygen atoms in total. The minimum atomic E-state index is -0.522. The first-order valence-corrected chi connectivity index (χ1v) is 9.12. The summed E-state index contributed by atoms with van der Waals surface area (Å²) in [6, 6.07) is 14.3. The molecule has 0 aliphatic carbocycles. The van der Waals surface area contributed by atoms with Gasteiger partial charge in [0.2, 0.25) is 11.8 Å². The van der Waals surface area contributed by atoms with Crippen LogP contribution in [0, 0.1) is 18.3 Å². The molecule has 0 saturated carbocycles. The molecule has 1 aromatic heterocycles. The van der Waals surface area contributed by atoms with Crippen LogP contribution in [0.4, 0.5) is 0 Å². The number of aromatic hydroxyl groups is 1. The molecule has 0 saturated heterocycles. The van der Waals surface area contributed by atoms with Crippen molar-refractivity contribution in [2.24, 2.45) is 5.73 Å². The second-order valence-corrected chi connectivity index (χ2v) is 6.99. The minimum Gasteiger partial charge on any atom is -0.504 e. The summed E-state index contributed by atoms with van der Waals surface area (Å²) in [5.41, 5.74) is 9.18. The molecule has 0 amide bonds. The van der Waals surface area contributed by atoms with Crippen molar-refractivity contribution in [1.82, 2.24) is 9.78 Å². The highest BCUT2D eigenvalue weighted by Gasteiger charge is 2.36. The molecule has 4 rings (SSSR count). The maximum Gasteiger partial charge on any atom is 0.229 e. The average molecular weight is 409 g/mol. The summed E-state index contributed by atoms with van der Waals surface area (Å²) in [7, 11) is 1.46. The summed E-state index contributed by atoms with van der Waals surface area (Å²) in [4.78, 5) is 0. The summed E-state index contributed by atoms with van der Waals surface area (Å²) in [5.74, 6) is 0.196. The smallest absolute Gasteiger partial charge is 0.229 e. The van der Waals surface area contributed by atoms with Crippen LogP contribution in [0.5, 0.6) is 17.4 Å². The molecule has 1 atom stereocenters. The van der Waals surface area contributed by atoms with Crippen molar-refractivity contribution in [2.45, 2.75) is 12.8 Å². The maximum atomic E-state index is 9.96. The molecule has 3 N–H and O–H groups in total. The second kappa shape index (κ2) is 7.08. The van der Waals surface area contributed by atoms with Crippen molar-refractivity contribution >= 4 is 11.6 Å². The fourth-order valence-electron chi connectivity index (χ4n) is 3.50. The number of ether oxygens (including phenoxy) is 2. The van der Waals surface area contributed by atoms with Gasteiger partial charge in [-0.05, 0) is 42.8 Å². The van der Waals surface area contributed by atoms with Gasteiger partial charge in [0.25, 0.3) is 0 Å². The summed E-state index contributed by atoms with van der Waals surface area (Å²) < 4.78 is 12.7. The predicted octanol–water partition coefficient (Wildman–Crippen LogP) is 3.77. The highest BCUT2D eigenvalue weighted by atomic mass is 35.5. The first-order valence-electron chi connectivity index (χ1n) is 8.74. The van der Waals surface area contributed by atoms with Crippen LogP contribution in [-0.2, 0) is 0 Å². The Labute approximate surface area is 172 Å². The highest BCUT2D eigenvalue weighted by Crippen LogP contribution is 2.46. The standard InChI is InChI=1S/C21H17ClN4O3/c1-11-18-19(12-6-7-16(27)17(8-12)28-2)15(10-23)20(24)29-21(18)26(25-11)14-5-3-4-13(22)9-14/h3-9,19,27H,24H2,1-2H3. The van der Waals surface area contributed by atoms with Gasteiger partial charge in [0.1, 0.15) is 11.6 Å². The number of nitrogens with zero attached hydrogens (tertiary/aromatic N) is 3. The Morgan fingerprint density at radius 2 is 2.10 bits per heavy atom. The molecule has 29 heavy (non-hydrogen) atoms. The molecular weight excluding hydrogens is 392 g/mol. The number of nitriles is 1. The predicted molar refractivity (Wildman–Crippen MR) is 107 cm³/mol. The number of hydrogen-bond acceptors (Lipinski definition) is 6. The summed E-state index contributed by atoms with van der Waals surface area (Å²) in [5, 5.41) is 24.9. The quantitative estimate of drug-likeness (QED) is 0.683. The Balaban J connectivity index is 1.96. The molecule has 3 aromatic rings. The zero-order valence-corrected chi connectivity index (χ0v) is 16.4. The fourth-order valence-corrected chi connectivity index (χ4v) is 3.69. The largest absolute Gasteiger partial charge is 0.504 e. The minimum absolute atomic E-state index is 0.000204. The van der Waals surface area contributed by atoms with E-state index >= 15 is 0 Å². The third-order valence-electron chi connectivity index (χ3n) is 4.82. The molecule has 146 valence electrons. The lowest BCUT2D eigenvalue weighted by Crippen LogP contribution is -2.22. The van der Waals surface area contributed by atoms with Gasteiger partial charge in [0.05, 0.1) is 30.0 Å². The lowest BCUT2D eigenvalue weighted by atomic mass is 9.84. The number of benzene rings is 2. The third kappa shape index (κ3) is 3.04. The Kier molecular flexibility index (Phi) is 4.57. The van der Waals surface area contributed by atoms with Crippen molar-refractivity contribution in [3.63, 3.8) is 0 Å². The van der Waals surface area contributed by atoms with Crippen LogP contribution < -0.4 is 15.2 Å². The molecule has 8 heteroatoms. The van der Waals surface area contributed by atoms with Gasteiger partial charge >= 0.3 is 0 Å². The highest BCUT2D eigenvalue weighted by molar-refractivity contribution is 6.30. The van der Waals surface area contributed by atoms with Crippen LogP contribution >= 0.6 is 11.6 Å². The van der Waals surface area contributed by atoms with Crippen molar-refractivity contribution < 1.29 is 14.6 Å². The van der Waals surface area contributed by atoms with Gasteiger partial charge in [0, 0.05) is 5.02 Å². The average Bonchev–Trinajstić information content (AvgIpc) is 3.03. The van der Waals surface area contributed by atoms with E-state index in [1.807, 2.05) is 19.1 Å². The van der Waals surface area contributed by atoms with Crippen LogP contribution in [0.1, 0.15) is 22.7 Å². The normalized spacial score (nSPS) is 15.4. The Hall–Kier alpha value is -3.63. The second-order valence-electron chi connectivity index (χ2n) is 6.55. The molecular formula is C21H17ClN4O3. The summed E-state index contributed by atoms with van der Waals surface area (Å²) >= 11 is 6.14. The summed E-state index contributed by atoms with van der Waals surface area (Å²) in [6.07, 6.45) is 0. The first kappa shape index (κ1) is 18.7. The molecule has 0 bridgehead atoms. The Bertz CT molecular complexity index is 1190. The van der Waals surface area contributed by atoms with E-state index in [4.69, 9.17) is 26.8 Å². The van der Waals surface area contributed by atoms with Crippen LogP contribution in [0.2, 0.25) is 5.02 Å². The van der Waals surface area contributed by atoms with Gasteiger partial charge in [-0.1, -0.05) is 23.7 Å². The SMILES string of the molecule is COc1cc(C2C(C#N)=C(N)Oc3c2c(C)nn3-c2cccc(Cl)c2)ccc1O. The Morgan fingerprint density at radius 1 is 1.31 bits per heavy atom. The monoisotopic (exact) mass is 408 g/mol. The van der Waals surface area contributed by atoms with Crippen LogP contribution in [-0.4, -0.2) is 22.0 Å². The number of nitrogens with two attached hydrogens (primary N) is 1. The van der Waals surface area contributed by atoms with Crippen LogP contribution in [0.15, 0.2) is 53.9 Å². The molecule has 0 fully saturated rings. The molecule has 1 unspecified atom stereocenters. The molecule has 2 aromatic carbocycles.